The molecule has 116 valence electrons. The summed E-state index contributed by atoms with van der Waals surface area (Å²) in [5, 5.41) is 14.3. The van der Waals surface area contributed by atoms with E-state index in [1.807, 2.05) is 32.9 Å². The van der Waals surface area contributed by atoms with Gasteiger partial charge in [0.25, 0.3) is 0 Å². The van der Waals surface area contributed by atoms with Gasteiger partial charge in [0.2, 0.25) is 0 Å². The number of nitrogens with one attached hydrogen (secondary N) is 2. The van der Waals surface area contributed by atoms with E-state index in [4.69, 9.17) is 5.11 Å². The molecule has 1 rings (SSSR count). The first-order valence-electron chi connectivity index (χ1n) is 6.92. The summed E-state index contributed by atoms with van der Waals surface area (Å²) in [7, 11) is 0. The Labute approximate surface area is 125 Å². The van der Waals surface area contributed by atoms with E-state index in [1.54, 1.807) is 12.3 Å². The van der Waals surface area contributed by atoms with Crippen molar-refractivity contribution in [3.8, 4) is 0 Å². The lowest BCUT2D eigenvalue weighted by molar-refractivity contribution is -0.137. The molecule has 21 heavy (non-hydrogen) atoms. The first-order valence-corrected chi connectivity index (χ1v) is 6.92. The average Bonchev–Trinajstić information content (AvgIpc) is 2.34. The number of urea groups is 1. The van der Waals surface area contributed by atoms with Crippen LogP contribution in [0.15, 0.2) is 24.4 Å². The van der Waals surface area contributed by atoms with Gasteiger partial charge in [0.05, 0.1) is 18.7 Å². The first kappa shape index (κ1) is 16.9. The van der Waals surface area contributed by atoms with Crippen molar-refractivity contribution in [1.82, 2.24) is 15.6 Å². The van der Waals surface area contributed by atoms with Crippen LogP contribution in [0, 0.1) is 5.41 Å². The van der Waals surface area contributed by atoms with E-state index >= 15 is 0 Å². The molecule has 2 amide bonds. The lowest BCUT2D eigenvalue weighted by Gasteiger charge is -2.25. The highest BCUT2D eigenvalue weighted by molar-refractivity contribution is 5.75. The molecule has 1 aromatic heterocycles. The third-order valence-electron chi connectivity index (χ3n) is 2.77. The third kappa shape index (κ3) is 7.91. The third-order valence-corrected chi connectivity index (χ3v) is 2.77. The number of hydrogen-bond donors (Lipinski definition) is 3. The maximum atomic E-state index is 11.9. The van der Waals surface area contributed by atoms with Crippen LogP contribution in [0.4, 0.5) is 4.79 Å². The highest BCUT2D eigenvalue weighted by atomic mass is 16.4. The zero-order valence-electron chi connectivity index (χ0n) is 12.7. The van der Waals surface area contributed by atoms with Gasteiger partial charge in [0, 0.05) is 12.2 Å². The Morgan fingerprint density at radius 3 is 2.57 bits per heavy atom. The molecular formula is C15H23N3O3. The smallest absolute Gasteiger partial charge is 0.315 e. The number of carboxylic acid groups (broad SMARTS) is 1. The Morgan fingerprint density at radius 1 is 1.33 bits per heavy atom. The molecule has 3 N–H and O–H groups in total. The van der Waals surface area contributed by atoms with Gasteiger partial charge in [-0.1, -0.05) is 26.8 Å². The number of aliphatic carboxylic acids is 1. The number of rotatable bonds is 6. The topological polar surface area (TPSA) is 91.3 Å². The molecule has 6 heteroatoms. The first-order chi connectivity index (χ1) is 9.76. The SMILES string of the molecule is CC(C)(C)CC(CC(=O)O)NC(=O)NCc1ccccn1. The number of carbonyl (C=O) groups is 2. The zero-order chi connectivity index (χ0) is 15.9. The molecule has 1 unspecified atom stereocenters. The van der Waals surface area contributed by atoms with Gasteiger partial charge in [-0.25, -0.2) is 4.79 Å². The van der Waals surface area contributed by atoms with Crippen molar-refractivity contribution in [3.05, 3.63) is 30.1 Å². The molecule has 0 radical (unpaired) electrons. The number of nitrogens with zero attached hydrogens (tertiary/aromatic N) is 1. The van der Waals surface area contributed by atoms with Crippen LogP contribution in [0.5, 0.6) is 0 Å². The van der Waals surface area contributed by atoms with Crippen molar-refractivity contribution >= 4 is 12.0 Å². The Bertz CT molecular complexity index is 469. The summed E-state index contributed by atoms with van der Waals surface area (Å²) < 4.78 is 0. The van der Waals surface area contributed by atoms with E-state index in [0.717, 1.165) is 5.69 Å². The minimum atomic E-state index is -0.922. The molecule has 0 fully saturated rings. The van der Waals surface area contributed by atoms with Gasteiger partial charge < -0.3 is 15.7 Å². The van der Waals surface area contributed by atoms with Crippen molar-refractivity contribution in [2.24, 2.45) is 5.41 Å². The van der Waals surface area contributed by atoms with Crippen molar-refractivity contribution in [2.45, 2.75) is 46.2 Å². The van der Waals surface area contributed by atoms with Crippen molar-refractivity contribution in [2.75, 3.05) is 0 Å². The van der Waals surface area contributed by atoms with Gasteiger partial charge in [0.1, 0.15) is 0 Å². The molecule has 0 saturated heterocycles. The molecule has 0 aromatic carbocycles. The number of amides is 2. The quantitative estimate of drug-likeness (QED) is 0.749. The normalized spacial score (nSPS) is 12.5. The van der Waals surface area contributed by atoms with Crippen molar-refractivity contribution in [3.63, 3.8) is 0 Å². The maximum absolute atomic E-state index is 11.9. The molecule has 1 aromatic rings. The largest absolute Gasteiger partial charge is 0.481 e. The molecule has 6 nitrogen and oxygen atoms in total. The molecule has 0 saturated carbocycles. The number of aromatic nitrogens is 1. The second kappa shape index (κ2) is 7.61. The van der Waals surface area contributed by atoms with E-state index in [0.29, 0.717) is 13.0 Å². The zero-order valence-corrected chi connectivity index (χ0v) is 12.7. The Kier molecular flexibility index (Phi) is 6.14. The number of carbonyl (C=O) groups excluding carboxylic acids is 1. The molecule has 0 aliphatic carbocycles. The van der Waals surface area contributed by atoms with E-state index in [-0.39, 0.29) is 17.9 Å². The summed E-state index contributed by atoms with van der Waals surface area (Å²) in [5.74, 6) is -0.922. The van der Waals surface area contributed by atoms with Gasteiger partial charge in [-0.3, -0.25) is 9.78 Å². The lowest BCUT2D eigenvalue weighted by atomic mass is 9.87. The number of hydrogen-bond acceptors (Lipinski definition) is 3. The monoisotopic (exact) mass is 293 g/mol. The number of pyridine rings is 1. The predicted octanol–water partition coefficient (Wildman–Crippen LogP) is 2.16. The van der Waals surface area contributed by atoms with Crippen molar-refractivity contribution in [1.29, 1.82) is 0 Å². The van der Waals surface area contributed by atoms with Crippen LogP contribution in [0.3, 0.4) is 0 Å². The lowest BCUT2D eigenvalue weighted by Crippen LogP contribution is -2.44. The molecular weight excluding hydrogens is 270 g/mol. The highest BCUT2D eigenvalue weighted by Crippen LogP contribution is 2.22. The van der Waals surface area contributed by atoms with E-state index in [9.17, 15) is 9.59 Å². The maximum Gasteiger partial charge on any atom is 0.315 e. The van der Waals surface area contributed by atoms with Crippen LogP contribution >= 0.6 is 0 Å². The Morgan fingerprint density at radius 2 is 2.05 bits per heavy atom. The fourth-order valence-electron chi connectivity index (χ4n) is 2.03. The van der Waals surface area contributed by atoms with Gasteiger partial charge >= 0.3 is 12.0 Å². The number of carboxylic acids is 1. The molecule has 0 bridgehead atoms. The van der Waals surface area contributed by atoms with E-state index < -0.39 is 12.0 Å². The summed E-state index contributed by atoms with van der Waals surface area (Å²) in [6.45, 7) is 6.34. The minimum Gasteiger partial charge on any atom is -0.481 e. The fourth-order valence-corrected chi connectivity index (χ4v) is 2.03. The molecule has 0 aliphatic rings. The fraction of sp³-hybridized carbons (Fsp3) is 0.533. The van der Waals surface area contributed by atoms with Gasteiger partial charge in [-0.05, 0) is 24.0 Å². The van der Waals surface area contributed by atoms with Crippen LogP contribution < -0.4 is 10.6 Å². The van der Waals surface area contributed by atoms with Gasteiger partial charge in [-0.15, -0.1) is 0 Å². The van der Waals surface area contributed by atoms with Crippen LogP contribution in [-0.2, 0) is 11.3 Å². The minimum absolute atomic E-state index is 0.0611. The Balaban J connectivity index is 2.49. The summed E-state index contributed by atoms with van der Waals surface area (Å²) in [4.78, 5) is 26.8. The van der Waals surface area contributed by atoms with Gasteiger partial charge in [-0.2, -0.15) is 0 Å². The molecule has 0 aliphatic heterocycles. The van der Waals surface area contributed by atoms with E-state index in [2.05, 4.69) is 15.6 Å². The molecule has 1 heterocycles. The highest BCUT2D eigenvalue weighted by Gasteiger charge is 2.22. The van der Waals surface area contributed by atoms with Gasteiger partial charge in [0.15, 0.2) is 0 Å². The van der Waals surface area contributed by atoms with Crippen molar-refractivity contribution < 1.29 is 14.7 Å². The van der Waals surface area contributed by atoms with Crippen LogP contribution in [-0.4, -0.2) is 28.1 Å². The second-order valence-corrected chi connectivity index (χ2v) is 6.21. The average molecular weight is 293 g/mol. The predicted molar refractivity (Wildman–Crippen MR) is 79.7 cm³/mol. The second-order valence-electron chi connectivity index (χ2n) is 6.21. The summed E-state index contributed by atoms with van der Waals surface area (Å²) in [6.07, 6.45) is 2.16. The standard InChI is InChI=1S/C15H23N3O3/c1-15(2,3)9-12(8-13(19)20)18-14(21)17-10-11-6-4-5-7-16-11/h4-7,12H,8-10H2,1-3H3,(H,19,20)(H2,17,18,21). The Hall–Kier alpha value is -2.11. The molecule has 1 atom stereocenters. The van der Waals surface area contributed by atoms with Crippen LogP contribution in [0.2, 0.25) is 0 Å². The van der Waals surface area contributed by atoms with Crippen LogP contribution in [0.25, 0.3) is 0 Å². The summed E-state index contributed by atoms with van der Waals surface area (Å²) in [5.41, 5.74) is 0.687. The van der Waals surface area contributed by atoms with E-state index in [1.165, 1.54) is 0 Å². The summed E-state index contributed by atoms with van der Waals surface area (Å²) >= 11 is 0. The molecule has 0 spiro atoms. The van der Waals surface area contributed by atoms with Crippen LogP contribution in [0.1, 0.15) is 39.3 Å². The summed E-state index contributed by atoms with van der Waals surface area (Å²) in [6, 6.07) is 4.68.